The molecule has 0 fully saturated rings. The minimum Gasteiger partial charge on any atom is -0.329 e. The molecule has 0 bridgehead atoms. The van der Waals surface area contributed by atoms with Crippen LogP contribution in [0.25, 0.3) is 0 Å². The van der Waals surface area contributed by atoms with Gasteiger partial charge in [-0.2, -0.15) is 0 Å². The minimum absolute atomic E-state index is 0.695. The Bertz CT molecular complexity index is 118. The number of nitrogens with one attached hydrogen (secondary N) is 1. The number of nitrogens with two attached hydrogens (primary N) is 1. The van der Waals surface area contributed by atoms with E-state index in [2.05, 4.69) is 38.8 Å². The summed E-state index contributed by atoms with van der Waals surface area (Å²) in [5, 5.41) is 3.55. The van der Waals surface area contributed by atoms with E-state index in [1.807, 2.05) is 0 Å². The lowest BCUT2D eigenvalue weighted by Crippen LogP contribution is -2.53. The van der Waals surface area contributed by atoms with E-state index in [9.17, 15) is 0 Å². The van der Waals surface area contributed by atoms with Crippen LogP contribution in [0.3, 0.4) is 0 Å². The topological polar surface area (TPSA) is 38.0 Å². The van der Waals surface area contributed by atoms with Crippen molar-refractivity contribution in [2.24, 2.45) is 11.7 Å². The lowest BCUT2D eigenvalue weighted by molar-refractivity contribution is 0.494. The van der Waals surface area contributed by atoms with Crippen LogP contribution in [0.2, 0.25) is 19.6 Å². The zero-order valence-electron chi connectivity index (χ0n) is 9.15. The maximum absolute atomic E-state index is 5.47. The molecule has 0 radical (unpaired) electrons. The molecule has 0 spiro atoms. The molecule has 12 heavy (non-hydrogen) atoms. The van der Waals surface area contributed by atoms with Crippen molar-refractivity contribution < 1.29 is 0 Å². The third-order valence-corrected chi connectivity index (χ3v) is 4.85. The molecular formula is C9H24N2Si. The first-order valence-electron chi connectivity index (χ1n) is 4.83. The monoisotopic (exact) mass is 188 g/mol. The van der Waals surface area contributed by atoms with Gasteiger partial charge >= 0.3 is 0 Å². The molecule has 1 unspecified atom stereocenters. The molecule has 0 amide bonds. The molecule has 0 aliphatic carbocycles. The zero-order valence-corrected chi connectivity index (χ0v) is 10.1. The van der Waals surface area contributed by atoms with Gasteiger partial charge in [-0.3, -0.25) is 0 Å². The molecule has 2 nitrogen and oxygen atoms in total. The van der Waals surface area contributed by atoms with Crippen LogP contribution in [-0.4, -0.2) is 26.8 Å². The Kier molecular flexibility index (Phi) is 5.05. The molecular weight excluding hydrogens is 164 g/mol. The molecule has 0 saturated heterocycles. The van der Waals surface area contributed by atoms with E-state index in [1.165, 1.54) is 0 Å². The maximum Gasteiger partial charge on any atom is 0.0638 e. The summed E-state index contributed by atoms with van der Waals surface area (Å²) in [6, 6.07) is 0. The first-order chi connectivity index (χ1) is 5.39. The van der Waals surface area contributed by atoms with Crippen LogP contribution in [0.15, 0.2) is 0 Å². The summed E-state index contributed by atoms with van der Waals surface area (Å²) in [6.45, 7) is 13.5. The Morgan fingerprint density at radius 1 is 1.25 bits per heavy atom. The van der Waals surface area contributed by atoms with Gasteiger partial charge in [-0.1, -0.05) is 33.5 Å². The smallest absolute Gasteiger partial charge is 0.0638 e. The Morgan fingerprint density at radius 3 is 2.00 bits per heavy atom. The quantitative estimate of drug-likeness (QED) is 0.641. The van der Waals surface area contributed by atoms with Gasteiger partial charge in [0, 0.05) is 18.8 Å². The first-order valence-corrected chi connectivity index (χ1v) is 8.40. The molecule has 0 aromatic heterocycles. The first kappa shape index (κ1) is 12.1. The molecule has 74 valence electrons. The maximum atomic E-state index is 5.47. The van der Waals surface area contributed by atoms with Crippen molar-refractivity contribution in [2.45, 2.75) is 39.2 Å². The summed E-state index contributed by atoms with van der Waals surface area (Å²) in [7, 11) is -1.05. The van der Waals surface area contributed by atoms with Gasteiger partial charge in [0.05, 0.1) is 8.07 Å². The van der Waals surface area contributed by atoms with Crippen LogP contribution in [0, 0.1) is 5.92 Å². The van der Waals surface area contributed by atoms with E-state index < -0.39 is 8.07 Å². The van der Waals surface area contributed by atoms with Gasteiger partial charge in [0.15, 0.2) is 0 Å². The van der Waals surface area contributed by atoms with Gasteiger partial charge in [-0.05, 0) is 5.92 Å². The van der Waals surface area contributed by atoms with Crippen LogP contribution >= 0.6 is 0 Å². The van der Waals surface area contributed by atoms with Crippen molar-refractivity contribution in [1.82, 2.24) is 5.32 Å². The summed E-state index contributed by atoms with van der Waals surface area (Å²) >= 11 is 0. The van der Waals surface area contributed by atoms with E-state index >= 15 is 0 Å². The summed E-state index contributed by atoms with van der Waals surface area (Å²) in [5.74, 6) is 0.725. The largest absolute Gasteiger partial charge is 0.329 e. The molecule has 1 atom stereocenters. The molecule has 0 rings (SSSR count). The molecule has 0 aromatic rings. The highest BCUT2D eigenvalue weighted by molar-refractivity contribution is 6.77. The highest BCUT2D eigenvalue weighted by Gasteiger charge is 2.28. The van der Waals surface area contributed by atoms with E-state index in [0.717, 1.165) is 19.0 Å². The molecule has 3 N–H and O–H groups in total. The Hall–Kier alpha value is 0.137. The molecule has 0 heterocycles. The second-order valence-corrected chi connectivity index (χ2v) is 10.2. The molecule has 3 heteroatoms. The molecule has 0 aromatic carbocycles. The summed E-state index contributed by atoms with van der Waals surface area (Å²) < 4.78 is 0. The lowest BCUT2D eigenvalue weighted by Gasteiger charge is -2.33. The lowest BCUT2D eigenvalue weighted by atomic mass is 10.2. The Morgan fingerprint density at radius 2 is 1.75 bits per heavy atom. The van der Waals surface area contributed by atoms with Gasteiger partial charge in [-0.15, -0.1) is 0 Å². The van der Waals surface area contributed by atoms with E-state index in [4.69, 9.17) is 5.73 Å². The van der Waals surface area contributed by atoms with Crippen LogP contribution in [0.5, 0.6) is 0 Å². The Balaban J connectivity index is 4.05. The zero-order chi connectivity index (χ0) is 9.78. The fraction of sp³-hybridized carbons (Fsp3) is 1.00. The van der Waals surface area contributed by atoms with Crippen molar-refractivity contribution in [3.8, 4) is 0 Å². The van der Waals surface area contributed by atoms with E-state index in [0.29, 0.717) is 5.67 Å². The van der Waals surface area contributed by atoms with Crippen molar-refractivity contribution in [3.05, 3.63) is 0 Å². The second kappa shape index (κ2) is 4.99. The van der Waals surface area contributed by atoms with E-state index in [-0.39, 0.29) is 0 Å². The number of hydrogen-bond acceptors (Lipinski definition) is 2. The number of rotatable bonds is 5. The van der Waals surface area contributed by atoms with Crippen LogP contribution in [0.1, 0.15) is 13.8 Å². The van der Waals surface area contributed by atoms with Crippen LogP contribution in [0.4, 0.5) is 0 Å². The highest BCUT2D eigenvalue weighted by atomic mass is 28.3. The normalized spacial score (nSPS) is 15.2. The van der Waals surface area contributed by atoms with Crippen molar-refractivity contribution in [1.29, 1.82) is 0 Å². The third-order valence-electron chi connectivity index (χ3n) is 2.11. The van der Waals surface area contributed by atoms with Crippen molar-refractivity contribution in [3.63, 3.8) is 0 Å². The average Bonchev–Trinajstić information content (AvgIpc) is 1.84. The second-order valence-electron chi connectivity index (χ2n) is 4.83. The summed E-state index contributed by atoms with van der Waals surface area (Å²) in [6.07, 6.45) is 0. The standard InChI is InChI=1S/C9H24N2Si/c1-8(2)9(11-7-6-10)12(3,4)5/h8-9,11H,6-7,10H2,1-5H3. The van der Waals surface area contributed by atoms with Gasteiger partial charge < -0.3 is 11.1 Å². The molecule has 0 saturated carbocycles. The van der Waals surface area contributed by atoms with Gasteiger partial charge in [0.2, 0.25) is 0 Å². The average molecular weight is 188 g/mol. The predicted octanol–water partition coefficient (Wildman–Crippen LogP) is 1.44. The third kappa shape index (κ3) is 4.23. The predicted molar refractivity (Wildman–Crippen MR) is 59.0 cm³/mol. The van der Waals surface area contributed by atoms with Crippen molar-refractivity contribution >= 4 is 8.07 Å². The molecule has 0 aliphatic rings. The fourth-order valence-corrected chi connectivity index (χ4v) is 4.54. The van der Waals surface area contributed by atoms with Gasteiger partial charge in [0.1, 0.15) is 0 Å². The van der Waals surface area contributed by atoms with Crippen molar-refractivity contribution in [2.75, 3.05) is 13.1 Å². The van der Waals surface area contributed by atoms with E-state index in [1.54, 1.807) is 0 Å². The number of hydrogen-bond donors (Lipinski definition) is 2. The Labute approximate surface area is 77.9 Å². The van der Waals surface area contributed by atoms with Crippen LogP contribution in [-0.2, 0) is 0 Å². The minimum atomic E-state index is -1.05. The summed E-state index contributed by atoms with van der Waals surface area (Å²) in [4.78, 5) is 0. The van der Waals surface area contributed by atoms with Gasteiger partial charge in [0.25, 0.3) is 0 Å². The highest BCUT2D eigenvalue weighted by Crippen LogP contribution is 2.15. The summed E-state index contributed by atoms with van der Waals surface area (Å²) in [5.41, 5.74) is 6.17. The van der Waals surface area contributed by atoms with Gasteiger partial charge in [-0.25, -0.2) is 0 Å². The van der Waals surface area contributed by atoms with Crippen LogP contribution < -0.4 is 11.1 Å². The fourth-order valence-electron chi connectivity index (χ4n) is 1.78. The SMILES string of the molecule is CC(C)C(NCCN)[Si](C)(C)C. The molecule has 0 aliphatic heterocycles.